The number of rotatable bonds is 9. The summed E-state index contributed by atoms with van der Waals surface area (Å²) in [5.41, 5.74) is 3.12. The van der Waals surface area contributed by atoms with Gasteiger partial charge in [0.1, 0.15) is 11.8 Å². The van der Waals surface area contributed by atoms with Crippen LogP contribution in [0.25, 0.3) is 0 Å². The maximum Gasteiger partial charge on any atom is 0.261 e. The highest BCUT2D eigenvalue weighted by molar-refractivity contribution is 9.10. The minimum atomic E-state index is -0.593. The van der Waals surface area contributed by atoms with Gasteiger partial charge in [0.2, 0.25) is 5.91 Å². The zero-order valence-electron chi connectivity index (χ0n) is 17.5. The first-order valence-corrected chi connectivity index (χ1v) is 10.6. The molecule has 1 N–H and O–H groups in total. The lowest BCUT2D eigenvalue weighted by Gasteiger charge is -2.29. The van der Waals surface area contributed by atoms with Crippen LogP contribution in [0.5, 0.6) is 5.75 Å². The SMILES string of the molecule is CCCNC(=O)[C@H](C)N(Cc1cccc(C)c1)C(=O)COc1ccc(Br)c(C)c1. The first-order valence-electron chi connectivity index (χ1n) is 9.83. The molecule has 0 heterocycles. The summed E-state index contributed by atoms with van der Waals surface area (Å²) in [6, 6.07) is 12.9. The summed E-state index contributed by atoms with van der Waals surface area (Å²) in [6.07, 6.45) is 0.844. The van der Waals surface area contributed by atoms with E-state index >= 15 is 0 Å². The number of nitrogens with one attached hydrogen (secondary N) is 1. The standard InChI is InChI=1S/C23H29BrN2O3/c1-5-11-25-23(28)18(4)26(14-19-8-6-7-16(2)12-19)22(27)15-29-20-9-10-21(24)17(3)13-20/h6-10,12-13,18H,5,11,14-15H2,1-4H3,(H,25,28)/t18-/m0/s1. The van der Waals surface area contributed by atoms with E-state index in [0.29, 0.717) is 18.8 Å². The number of hydrogen-bond donors (Lipinski definition) is 1. The molecule has 0 saturated heterocycles. The zero-order valence-corrected chi connectivity index (χ0v) is 19.1. The highest BCUT2D eigenvalue weighted by atomic mass is 79.9. The molecule has 0 radical (unpaired) electrons. The summed E-state index contributed by atoms with van der Waals surface area (Å²) in [5, 5.41) is 2.87. The number of carbonyl (C=O) groups is 2. The van der Waals surface area contributed by atoms with E-state index in [4.69, 9.17) is 4.74 Å². The topological polar surface area (TPSA) is 58.6 Å². The molecule has 0 aliphatic heterocycles. The van der Waals surface area contributed by atoms with E-state index < -0.39 is 6.04 Å². The Labute approximate surface area is 181 Å². The predicted molar refractivity (Wildman–Crippen MR) is 119 cm³/mol. The van der Waals surface area contributed by atoms with Gasteiger partial charge in [0, 0.05) is 17.6 Å². The Balaban J connectivity index is 2.14. The lowest BCUT2D eigenvalue weighted by molar-refractivity contribution is -0.142. The van der Waals surface area contributed by atoms with Crippen molar-refractivity contribution in [3.05, 3.63) is 63.6 Å². The number of amides is 2. The van der Waals surface area contributed by atoms with E-state index in [-0.39, 0.29) is 18.4 Å². The molecule has 2 aromatic rings. The van der Waals surface area contributed by atoms with Crippen LogP contribution in [0.1, 0.15) is 37.0 Å². The van der Waals surface area contributed by atoms with E-state index in [9.17, 15) is 9.59 Å². The highest BCUT2D eigenvalue weighted by Crippen LogP contribution is 2.22. The molecule has 0 bridgehead atoms. The van der Waals surface area contributed by atoms with Crippen molar-refractivity contribution in [2.24, 2.45) is 0 Å². The Kier molecular flexibility index (Phi) is 8.70. The third kappa shape index (κ3) is 6.89. The summed E-state index contributed by atoms with van der Waals surface area (Å²) in [6.45, 7) is 8.53. The zero-order chi connectivity index (χ0) is 21.4. The van der Waals surface area contributed by atoms with Crippen LogP contribution < -0.4 is 10.1 Å². The summed E-state index contributed by atoms with van der Waals surface area (Å²) in [5.74, 6) is 0.233. The average molecular weight is 461 g/mol. The van der Waals surface area contributed by atoms with Gasteiger partial charge < -0.3 is 15.0 Å². The smallest absolute Gasteiger partial charge is 0.261 e. The van der Waals surface area contributed by atoms with Crippen LogP contribution in [0.2, 0.25) is 0 Å². The van der Waals surface area contributed by atoms with Crippen LogP contribution in [-0.2, 0) is 16.1 Å². The van der Waals surface area contributed by atoms with E-state index in [1.165, 1.54) is 0 Å². The second kappa shape index (κ2) is 11.0. The number of aryl methyl sites for hydroxylation is 2. The van der Waals surface area contributed by atoms with Crippen LogP contribution >= 0.6 is 15.9 Å². The van der Waals surface area contributed by atoms with Gasteiger partial charge in [0.05, 0.1) is 0 Å². The fraction of sp³-hybridized carbons (Fsp3) is 0.391. The molecule has 0 saturated carbocycles. The van der Waals surface area contributed by atoms with Crippen LogP contribution in [0, 0.1) is 13.8 Å². The third-order valence-electron chi connectivity index (χ3n) is 4.64. The van der Waals surface area contributed by atoms with Gasteiger partial charge in [-0.15, -0.1) is 0 Å². The van der Waals surface area contributed by atoms with Gasteiger partial charge in [-0.05, 0) is 56.5 Å². The first-order chi connectivity index (χ1) is 13.8. The van der Waals surface area contributed by atoms with Crippen molar-refractivity contribution in [2.75, 3.05) is 13.2 Å². The molecule has 0 aliphatic carbocycles. The number of halogens is 1. The Bertz CT molecular complexity index is 854. The van der Waals surface area contributed by atoms with Gasteiger partial charge in [-0.25, -0.2) is 0 Å². The molecule has 1 atom stereocenters. The van der Waals surface area contributed by atoms with Crippen LogP contribution in [0.4, 0.5) is 0 Å². The van der Waals surface area contributed by atoms with Gasteiger partial charge in [-0.2, -0.15) is 0 Å². The molecule has 156 valence electrons. The van der Waals surface area contributed by atoms with E-state index in [2.05, 4.69) is 21.2 Å². The normalized spacial score (nSPS) is 11.6. The van der Waals surface area contributed by atoms with E-state index in [0.717, 1.165) is 27.6 Å². The van der Waals surface area contributed by atoms with Crippen molar-refractivity contribution in [2.45, 2.75) is 46.7 Å². The van der Waals surface area contributed by atoms with Crippen LogP contribution in [0.3, 0.4) is 0 Å². The van der Waals surface area contributed by atoms with Crippen LogP contribution in [0.15, 0.2) is 46.9 Å². The van der Waals surface area contributed by atoms with Gasteiger partial charge >= 0.3 is 0 Å². The Morgan fingerprint density at radius 2 is 1.93 bits per heavy atom. The number of ether oxygens (including phenoxy) is 1. The molecule has 2 amide bonds. The highest BCUT2D eigenvalue weighted by Gasteiger charge is 2.26. The maximum atomic E-state index is 13.0. The number of nitrogens with zero attached hydrogens (tertiary/aromatic N) is 1. The van der Waals surface area contributed by atoms with Crippen molar-refractivity contribution >= 4 is 27.7 Å². The van der Waals surface area contributed by atoms with E-state index in [1.54, 1.807) is 11.8 Å². The second-order valence-corrected chi connectivity index (χ2v) is 8.03. The molecule has 2 rings (SSSR count). The molecule has 0 aromatic heterocycles. The molecule has 6 heteroatoms. The largest absolute Gasteiger partial charge is 0.484 e. The summed E-state index contributed by atoms with van der Waals surface area (Å²) >= 11 is 3.46. The van der Waals surface area contributed by atoms with Gasteiger partial charge in [0.25, 0.3) is 5.91 Å². The Morgan fingerprint density at radius 1 is 1.17 bits per heavy atom. The number of benzene rings is 2. The molecule has 0 fully saturated rings. The Hall–Kier alpha value is -2.34. The number of carbonyl (C=O) groups excluding carboxylic acids is 2. The lowest BCUT2D eigenvalue weighted by atomic mass is 10.1. The molecular weight excluding hydrogens is 432 g/mol. The van der Waals surface area contributed by atoms with Gasteiger partial charge in [-0.1, -0.05) is 52.7 Å². The Morgan fingerprint density at radius 3 is 2.59 bits per heavy atom. The fourth-order valence-electron chi connectivity index (χ4n) is 2.92. The second-order valence-electron chi connectivity index (χ2n) is 7.18. The van der Waals surface area contributed by atoms with Gasteiger partial charge in [0.15, 0.2) is 6.61 Å². The fourth-order valence-corrected chi connectivity index (χ4v) is 3.17. The average Bonchev–Trinajstić information content (AvgIpc) is 2.70. The molecule has 2 aromatic carbocycles. The molecule has 0 aliphatic rings. The third-order valence-corrected chi connectivity index (χ3v) is 5.53. The van der Waals surface area contributed by atoms with E-state index in [1.807, 2.05) is 63.2 Å². The van der Waals surface area contributed by atoms with Crippen molar-refractivity contribution in [3.63, 3.8) is 0 Å². The first kappa shape index (κ1) is 22.9. The van der Waals surface area contributed by atoms with Crippen molar-refractivity contribution in [1.82, 2.24) is 10.2 Å². The van der Waals surface area contributed by atoms with Gasteiger partial charge in [-0.3, -0.25) is 9.59 Å². The van der Waals surface area contributed by atoms with Crippen molar-refractivity contribution in [1.29, 1.82) is 0 Å². The molecule has 5 nitrogen and oxygen atoms in total. The minimum Gasteiger partial charge on any atom is -0.484 e. The van der Waals surface area contributed by atoms with Crippen molar-refractivity contribution < 1.29 is 14.3 Å². The number of hydrogen-bond acceptors (Lipinski definition) is 3. The molecule has 29 heavy (non-hydrogen) atoms. The monoisotopic (exact) mass is 460 g/mol. The predicted octanol–water partition coefficient (Wildman–Crippen LogP) is 4.39. The lowest BCUT2D eigenvalue weighted by Crippen LogP contribution is -2.49. The summed E-state index contributed by atoms with van der Waals surface area (Å²) in [7, 11) is 0. The summed E-state index contributed by atoms with van der Waals surface area (Å²) in [4.78, 5) is 27.1. The van der Waals surface area contributed by atoms with Crippen molar-refractivity contribution in [3.8, 4) is 5.75 Å². The molecular formula is C23H29BrN2O3. The minimum absolute atomic E-state index is 0.127. The quantitative estimate of drug-likeness (QED) is 0.603. The molecule has 0 unspecified atom stereocenters. The van der Waals surface area contributed by atoms with Crippen LogP contribution in [-0.4, -0.2) is 35.9 Å². The summed E-state index contributed by atoms with van der Waals surface area (Å²) < 4.78 is 6.70. The maximum absolute atomic E-state index is 13.0. The molecule has 0 spiro atoms.